The molecule has 0 aliphatic heterocycles. The third kappa shape index (κ3) is 2.28. The van der Waals surface area contributed by atoms with Crippen molar-refractivity contribution in [2.24, 2.45) is 0 Å². The van der Waals surface area contributed by atoms with Gasteiger partial charge in [-0.15, -0.1) is 5.75 Å². The van der Waals surface area contributed by atoms with Crippen LogP contribution in [0.5, 0.6) is 5.75 Å². The van der Waals surface area contributed by atoms with E-state index in [1.807, 2.05) is 12.1 Å². The Morgan fingerprint density at radius 2 is 1.70 bits per heavy atom. The normalized spacial score (nSPS) is 8.50. The Bertz CT molecular complexity index is 181. The third-order valence-electron chi connectivity index (χ3n) is 1.33. The molecule has 1 aromatic rings. The van der Waals surface area contributed by atoms with Crippen molar-refractivity contribution in [2.45, 2.75) is 13.3 Å². The van der Waals surface area contributed by atoms with Gasteiger partial charge in [-0.25, -0.2) is 0 Å². The lowest BCUT2D eigenvalue weighted by Crippen LogP contribution is -3.00. The zero-order valence-electron chi connectivity index (χ0n) is 5.80. The summed E-state index contributed by atoms with van der Waals surface area (Å²) in [6.07, 6.45) is 1.00. The van der Waals surface area contributed by atoms with Crippen LogP contribution >= 0.6 is 0 Å². The molecule has 0 N–H and O–H groups in total. The Morgan fingerprint density at radius 1 is 1.20 bits per heavy atom. The van der Waals surface area contributed by atoms with E-state index in [9.17, 15) is 5.11 Å². The van der Waals surface area contributed by atoms with E-state index in [1.165, 1.54) is 5.56 Å². The van der Waals surface area contributed by atoms with Crippen LogP contribution < -0.4 is 17.5 Å². The van der Waals surface area contributed by atoms with Gasteiger partial charge in [0.15, 0.2) is 0 Å². The molecule has 56 valence electrons. The maximum Gasteiger partial charge on any atom is -0.0307 e. The topological polar surface area (TPSA) is 23.1 Å². The van der Waals surface area contributed by atoms with Gasteiger partial charge in [0.05, 0.1) is 0 Å². The average molecular weight is 157 g/mol. The summed E-state index contributed by atoms with van der Waals surface area (Å²) in [4.78, 5) is 0. The molecule has 0 radical (unpaired) electrons. The van der Waals surface area contributed by atoms with Crippen LogP contribution in [0.3, 0.4) is 0 Å². The molecule has 0 aliphatic rings. The van der Waals surface area contributed by atoms with Crippen molar-refractivity contribution < 1.29 is 17.5 Å². The molecule has 0 spiro atoms. The number of aryl methyl sites for hydroxylation is 1. The molecular formula is C8H9ClO-2. The van der Waals surface area contributed by atoms with Crippen LogP contribution in [0, 0.1) is 0 Å². The Balaban J connectivity index is 0.000000810. The number of rotatable bonds is 1. The Hall–Kier alpha value is -0.690. The molecule has 0 amide bonds. The predicted molar refractivity (Wildman–Crippen MR) is 35.3 cm³/mol. The summed E-state index contributed by atoms with van der Waals surface area (Å²) >= 11 is 0. The van der Waals surface area contributed by atoms with Gasteiger partial charge < -0.3 is 17.5 Å². The second-order valence-electron chi connectivity index (χ2n) is 2.00. The second-order valence-corrected chi connectivity index (χ2v) is 2.00. The molecule has 1 nitrogen and oxygen atoms in total. The highest BCUT2D eigenvalue weighted by Crippen LogP contribution is 2.06. The monoisotopic (exact) mass is 156 g/mol. The lowest BCUT2D eigenvalue weighted by atomic mass is 10.2. The van der Waals surface area contributed by atoms with Gasteiger partial charge in [-0.2, -0.15) is 0 Å². The van der Waals surface area contributed by atoms with E-state index in [0.717, 1.165) is 6.42 Å². The maximum atomic E-state index is 10.5. The SMILES string of the molecule is CCc1ccc([O-])cc1.[Cl-]. The van der Waals surface area contributed by atoms with Crippen LogP contribution in [0.15, 0.2) is 24.3 Å². The molecule has 0 aromatic heterocycles. The lowest BCUT2D eigenvalue weighted by molar-refractivity contribution is -0.268. The van der Waals surface area contributed by atoms with Crippen molar-refractivity contribution in [1.29, 1.82) is 0 Å². The second kappa shape index (κ2) is 4.18. The smallest absolute Gasteiger partial charge is 0.0307 e. The average Bonchev–Trinajstić information content (AvgIpc) is 1.90. The molecule has 0 atom stereocenters. The molecule has 1 aromatic carbocycles. The van der Waals surface area contributed by atoms with E-state index >= 15 is 0 Å². The van der Waals surface area contributed by atoms with E-state index in [1.54, 1.807) is 12.1 Å². The van der Waals surface area contributed by atoms with Crippen LogP contribution in [0.4, 0.5) is 0 Å². The Labute approximate surface area is 67.1 Å². The number of benzene rings is 1. The Kier molecular flexibility index (Phi) is 3.89. The van der Waals surface area contributed by atoms with Crippen LogP contribution in [-0.2, 0) is 6.42 Å². The van der Waals surface area contributed by atoms with Gasteiger partial charge in [-0.3, -0.25) is 0 Å². The molecule has 0 heterocycles. The largest absolute Gasteiger partial charge is 1.00 e. The third-order valence-corrected chi connectivity index (χ3v) is 1.33. The van der Waals surface area contributed by atoms with Gasteiger partial charge >= 0.3 is 0 Å². The number of halogens is 1. The quantitative estimate of drug-likeness (QED) is 0.477. The Morgan fingerprint density at radius 3 is 2.10 bits per heavy atom. The molecule has 10 heavy (non-hydrogen) atoms. The van der Waals surface area contributed by atoms with Crippen LogP contribution in [0.1, 0.15) is 12.5 Å². The van der Waals surface area contributed by atoms with Gasteiger partial charge in [0.2, 0.25) is 0 Å². The molecule has 0 fully saturated rings. The summed E-state index contributed by atoms with van der Waals surface area (Å²) in [5.41, 5.74) is 1.22. The first-order valence-electron chi connectivity index (χ1n) is 3.09. The lowest BCUT2D eigenvalue weighted by Gasteiger charge is -2.03. The van der Waals surface area contributed by atoms with Gasteiger partial charge in [-0.05, 0) is 12.0 Å². The first-order chi connectivity index (χ1) is 4.33. The highest BCUT2D eigenvalue weighted by atomic mass is 35.5. The van der Waals surface area contributed by atoms with Gasteiger partial charge in [-0.1, -0.05) is 31.2 Å². The molecule has 1 rings (SSSR count). The highest BCUT2D eigenvalue weighted by molar-refractivity contribution is 5.24. The van der Waals surface area contributed by atoms with E-state index in [4.69, 9.17) is 0 Å². The van der Waals surface area contributed by atoms with E-state index in [-0.39, 0.29) is 18.2 Å². The zero-order valence-corrected chi connectivity index (χ0v) is 6.56. The molecule has 2 heteroatoms. The summed E-state index contributed by atoms with van der Waals surface area (Å²) in [5.74, 6) is 0.0900. The first-order valence-corrected chi connectivity index (χ1v) is 3.09. The number of hydrogen-bond donors (Lipinski definition) is 0. The summed E-state index contributed by atoms with van der Waals surface area (Å²) in [6.45, 7) is 2.07. The minimum Gasteiger partial charge on any atom is -1.00 e. The summed E-state index contributed by atoms with van der Waals surface area (Å²) in [6, 6.07) is 6.92. The molecular weight excluding hydrogens is 148 g/mol. The summed E-state index contributed by atoms with van der Waals surface area (Å²) in [7, 11) is 0. The maximum absolute atomic E-state index is 10.5. The standard InChI is InChI=1S/C8H10O.ClH/c1-2-7-3-5-8(9)6-4-7;/h3-6,9H,2H2,1H3;1H/p-2. The van der Waals surface area contributed by atoms with Crippen molar-refractivity contribution in [1.82, 2.24) is 0 Å². The molecule has 0 saturated heterocycles. The summed E-state index contributed by atoms with van der Waals surface area (Å²) < 4.78 is 0. The minimum atomic E-state index is 0. The fraction of sp³-hybridized carbons (Fsp3) is 0.250. The molecule has 0 aliphatic carbocycles. The van der Waals surface area contributed by atoms with Crippen molar-refractivity contribution in [3.63, 3.8) is 0 Å². The van der Waals surface area contributed by atoms with Crippen molar-refractivity contribution in [3.05, 3.63) is 29.8 Å². The van der Waals surface area contributed by atoms with Crippen molar-refractivity contribution in [3.8, 4) is 5.75 Å². The highest BCUT2D eigenvalue weighted by Gasteiger charge is 1.82. The molecule has 0 bridgehead atoms. The summed E-state index contributed by atoms with van der Waals surface area (Å²) in [5, 5.41) is 10.5. The zero-order chi connectivity index (χ0) is 6.69. The van der Waals surface area contributed by atoms with Gasteiger partial charge in [0, 0.05) is 0 Å². The van der Waals surface area contributed by atoms with E-state index in [0.29, 0.717) is 0 Å². The fourth-order valence-electron chi connectivity index (χ4n) is 0.725. The van der Waals surface area contributed by atoms with E-state index in [2.05, 4.69) is 6.92 Å². The number of hydrogen-bond acceptors (Lipinski definition) is 1. The van der Waals surface area contributed by atoms with Crippen LogP contribution in [0.2, 0.25) is 0 Å². The minimum absolute atomic E-state index is 0. The first kappa shape index (κ1) is 9.31. The van der Waals surface area contributed by atoms with Gasteiger partial charge in [0.25, 0.3) is 0 Å². The van der Waals surface area contributed by atoms with E-state index < -0.39 is 0 Å². The molecule has 0 saturated carbocycles. The van der Waals surface area contributed by atoms with Crippen LogP contribution in [0.25, 0.3) is 0 Å². The fourth-order valence-corrected chi connectivity index (χ4v) is 0.725. The van der Waals surface area contributed by atoms with Crippen molar-refractivity contribution >= 4 is 0 Å². The van der Waals surface area contributed by atoms with Crippen molar-refractivity contribution in [2.75, 3.05) is 0 Å². The predicted octanol–water partition coefficient (Wildman–Crippen LogP) is -1.67. The van der Waals surface area contributed by atoms with Crippen LogP contribution in [-0.4, -0.2) is 0 Å². The molecule has 0 unspecified atom stereocenters. The van der Waals surface area contributed by atoms with Gasteiger partial charge in [0.1, 0.15) is 0 Å².